The van der Waals surface area contributed by atoms with Gasteiger partial charge in [0.1, 0.15) is 6.61 Å². The molecule has 0 aliphatic heterocycles. The van der Waals surface area contributed by atoms with Crippen molar-refractivity contribution in [3.63, 3.8) is 0 Å². The molecular formula is C9H19N2O8S-. The summed E-state index contributed by atoms with van der Waals surface area (Å²) in [5, 5.41) is 20.0. The molecule has 0 spiro atoms. The van der Waals surface area contributed by atoms with Crippen LogP contribution in [0.2, 0.25) is 0 Å². The molecule has 0 N–H and O–H groups in total. The van der Waals surface area contributed by atoms with Crippen molar-refractivity contribution in [3.8, 4) is 0 Å². The maximum atomic E-state index is 10.1. The minimum absolute atomic E-state index is 0.114. The van der Waals surface area contributed by atoms with E-state index in [-0.39, 0.29) is 17.4 Å². The molecule has 0 heterocycles. The Morgan fingerprint density at radius 2 is 1.65 bits per heavy atom. The first kappa shape index (κ1) is 21.0. The average molecular weight is 315 g/mol. The maximum Gasteiger partial charge on any atom is 0.237 e. The second kappa shape index (κ2) is 10.5. The predicted octanol–water partition coefficient (Wildman–Crippen LogP) is 0.970. The van der Waals surface area contributed by atoms with Gasteiger partial charge in [0.15, 0.2) is 0 Å². The van der Waals surface area contributed by atoms with E-state index in [9.17, 15) is 33.2 Å². The van der Waals surface area contributed by atoms with Crippen molar-refractivity contribution in [2.45, 2.75) is 52.1 Å². The van der Waals surface area contributed by atoms with Crippen LogP contribution in [-0.4, -0.2) is 41.5 Å². The van der Waals surface area contributed by atoms with E-state index < -0.39 is 28.0 Å². The lowest BCUT2D eigenvalue weighted by atomic mass is 10.2. The quantitative estimate of drug-likeness (QED) is 0.278. The first-order valence-electron chi connectivity index (χ1n) is 5.92. The van der Waals surface area contributed by atoms with Gasteiger partial charge < -0.3 is 4.55 Å². The Balaban J connectivity index is 0. The van der Waals surface area contributed by atoms with Gasteiger partial charge in [-0.15, -0.1) is 0 Å². The number of nitrogens with zero attached hydrogens (tertiary/aromatic N) is 2. The molecule has 0 bridgehead atoms. The zero-order valence-corrected chi connectivity index (χ0v) is 12.4. The van der Waals surface area contributed by atoms with Crippen LogP contribution in [0.15, 0.2) is 0 Å². The Morgan fingerprint density at radius 3 is 1.85 bits per heavy atom. The van der Waals surface area contributed by atoms with Crippen molar-refractivity contribution in [2.24, 2.45) is 0 Å². The molecule has 0 rings (SSSR count). The average Bonchev–Trinajstić information content (AvgIpc) is 2.28. The number of rotatable bonds is 8. The Hall–Kier alpha value is -1.33. The van der Waals surface area contributed by atoms with Gasteiger partial charge in [0.25, 0.3) is 0 Å². The summed E-state index contributed by atoms with van der Waals surface area (Å²) in [6.45, 7) is 4.37. The summed E-state index contributed by atoms with van der Waals surface area (Å²) in [7, 11) is -4.82. The van der Waals surface area contributed by atoms with Gasteiger partial charge in [0.05, 0.1) is 0 Å². The van der Waals surface area contributed by atoms with Crippen LogP contribution in [0.4, 0.5) is 0 Å². The Bertz CT molecular complexity index is 397. The van der Waals surface area contributed by atoms with E-state index >= 15 is 0 Å². The molecule has 0 aromatic heterocycles. The molecule has 0 fully saturated rings. The molecule has 120 valence electrons. The molecule has 0 aromatic carbocycles. The molecule has 2 atom stereocenters. The summed E-state index contributed by atoms with van der Waals surface area (Å²) in [5.74, 6) is 0. The lowest BCUT2D eigenvalue weighted by molar-refractivity contribution is -0.525. The van der Waals surface area contributed by atoms with Gasteiger partial charge in [0, 0.05) is 29.6 Å². The minimum Gasteiger partial charge on any atom is -0.726 e. The molecule has 0 amide bonds. The van der Waals surface area contributed by atoms with E-state index in [4.69, 9.17) is 0 Å². The lowest BCUT2D eigenvalue weighted by Gasteiger charge is -2.09. The van der Waals surface area contributed by atoms with E-state index in [0.717, 1.165) is 6.42 Å². The normalized spacial score (nSPS) is 13.8. The first-order valence-corrected chi connectivity index (χ1v) is 7.25. The molecule has 0 aliphatic rings. The zero-order chi connectivity index (χ0) is 16.3. The molecule has 0 aliphatic carbocycles. The topological polar surface area (TPSA) is 153 Å². The van der Waals surface area contributed by atoms with Gasteiger partial charge >= 0.3 is 0 Å². The Labute approximate surface area is 117 Å². The number of hydrogen-bond acceptors (Lipinski definition) is 8. The second-order valence-electron chi connectivity index (χ2n) is 3.96. The minimum atomic E-state index is -4.82. The predicted molar refractivity (Wildman–Crippen MR) is 68.1 cm³/mol. The summed E-state index contributed by atoms with van der Waals surface area (Å²) in [6, 6.07) is -1.51. The SMILES string of the molecule is CCC(COS(=O)(=O)[O-])[N+](=O)[O-].CCCC(C)[N+](=O)[O-]. The van der Waals surface area contributed by atoms with Gasteiger partial charge in [-0.2, -0.15) is 0 Å². The van der Waals surface area contributed by atoms with Crippen LogP contribution in [0.25, 0.3) is 0 Å². The van der Waals surface area contributed by atoms with Gasteiger partial charge in [-0.05, 0) is 6.42 Å². The lowest BCUT2D eigenvalue weighted by Crippen LogP contribution is -2.26. The summed E-state index contributed by atoms with van der Waals surface area (Å²) in [4.78, 5) is 19.0. The van der Waals surface area contributed by atoms with Crippen LogP contribution in [-0.2, 0) is 14.6 Å². The molecule has 20 heavy (non-hydrogen) atoms. The molecule has 10 nitrogen and oxygen atoms in total. The van der Waals surface area contributed by atoms with Gasteiger partial charge in [-0.3, -0.25) is 24.4 Å². The molecule has 11 heteroatoms. The van der Waals surface area contributed by atoms with Crippen molar-refractivity contribution in [1.82, 2.24) is 0 Å². The third-order valence-electron chi connectivity index (χ3n) is 2.24. The second-order valence-corrected chi connectivity index (χ2v) is 5.02. The molecule has 2 unspecified atom stereocenters. The maximum absolute atomic E-state index is 10.1. The van der Waals surface area contributed by atoms with Crippen molar-refractivity contribution in [1.29, 1.82) is 0 Å². The molecule has 0 saturated heterocycles. The Kier molecular flexibility index (Phi) is 11.0. The van der Waals surface area contributed by atoms with Crippen molar-refractivity contribution < 1.29 is 27.0 Å². The molecule has 0 aromatic rings. The fourth-order valence-electron chi connectivity index (χ4n) is 1.01. The van der Waals surface area contributed by atoms with Crippen LogP contribution in [0, 0.1) is 20.2 Å². The zero-order valence-electron chi connectivity index (χ0n) is 11.6. The molecule has 0 radical (unpaired) electrons. The standard InChI is InChI=1S/C5H11NO2.C4H9NO6S/c1-3-4-5(2)6(7)8;1-2-4(5(6)7)3-11-12(8,9)10/h5H,3-4H2,1-2H3;4H,2-3H2,1H3,(H,8,9,10)/p-1. The molecule has 0 saturated carbocycles. The Morgan fingerprint density at radius 1 is 1.15 bits per heavy atom. The van der Waals surface area contributed by atoms with Crippen LogP contribution < -0.4 is 0 Å². The van der Waals surface area contributed by atoms with Gasteiger partial charge in [0.2, 0.25) is 22.5 Å². The van der Waals surface area contributed by atoms with Crippen molar-refractivity contribution in [3.05, 3.63) is 20.2 Å². The fraction of sp³-hybridized carbons (Fsp3) is 1.00. The highest BCUT2D eigenvalue weighted by molar-refractivity contribution is 7.80. The third kappa shape index (κ3) is 13.1. The van der Waals surface area contributed by atoms with Gasteiger partial charge in [-0.1, -0.05) is 13.8 Å². The van der Waals surface area contributed by atoms with Crippen LogP contribution >= 0.6 is 0 Å². The van der Waals surface area contributed by atoms with E-state index in [1.807, 2.05) is 6.92 Å². The van der Waals surface area contributed by atoms with E-state index in [2.05, 4.69) is 4.18 Å². The summed E-state index contributed by atoms with van der Waals surface area (Å²) >= 11 is 0. The molecular weight excluding hydrogens is 296 g/mol. The fourth-order valence-corrected chi connectivity index (χ4v) is 1.34. The summed E-state index contributed by atoms with van der Waals surface area (Å²) in [6.07, 6.45) is 1.69. The monoisotopic (exact) mass is 315 g/mol. The summed E-state index contributed by atoms with van der Waals surface area (Å²) in [5.41, 5.74) is 0. The van der Waals surface area contributed by atoms with Crippen LogP contribution in [0.3, 0.4) is 0 Å². The smallest absolute Gasteiger partial charge is 0.237 e. The first-order chi connectivity index (χ1) is 9.05. The van der Waals surface area contributed by atoms with Crippen molar-refractivity contribution in [2.75, 3.05) is 6.61 Å². The highest BCUT2D eigenvalue weighted by atomic mass is 32.3. The van der Waals surface area contributed by atoms with E-state index in [0.29, 0.717) is 6.42 Å². The summed E-state index contributed by atoms with van der Waals surface area (Å²) < 4.78 is 33.3. The third-order valence-corrected chi connectivity index (χ3v) is 2.67. The van der Waals surface area contributed by atoms with Gasteiger partial charge in [-0.25, -0.2) is 8.42 Å². The van der Waals surface area contributed by atoms with E-state index in [1.54, 1.807) is 6.92 Å². The van der Waals surface area contributed by atoms with Crippen LogP contribution in [0.5, 0.6) is 0 Å². The number of nitro groups is 2. The number of hydrogen-bond donors (Lipinski definition) is 0. The highest BCUT2D eigenvalue weighted by Gasteiger charge is 2.18. The van der Waals surface area contributed by atoms with Crippen LogP contribution in [0.1, 0.15) is 40.0 Å². The highest BCUT2D eigenvalue weighted by Crippen LogP contribution is 1.99. The van der Waals surface area contributed by atoms with E-state index in [1.165, 1.54) is 6.92 Å². The van der Waals surface area contributed by atoms with Crippen molar-refractivity contribution >= 4 is 10.4 Å². The largest absolute Gasteiger partial charge is 0.726 e.